The molecule has 0 aromatic carbocycles. The highest BCUT2D eigenvalue weighted by Gasteiger charge is 2.28. The van der Waals surface area contributed by atoms with Gasteiger partial charge in [0.1, 0.15) is 0 Å². The van der Waals surface area contributed by atoms with E-state index in [0.29, 0.717) is 11.7 Å². The number of fused-ring (bicyclic) bond motifs is 1. The summed E-state index contributed by atoms with van der Waals surface area (Å²) < 4.78 is 0. The first-order chi connectivity index (χ1) is 7.79. The lowest BCUT2D eigenvalue weighted by atomic mass is 9.91. The molecular weight excluding hydrogens is 196 g/mol. The predicted molar refractivity (Wildman–Crippen MR) is 67.4 cm³/mol. The minimum absolute atomic E-state index is 0.428. The van der Waals surface area contributed by atoms with Crippen LogP contribution in [0.4, 0.5) is 0 Å². The fraction of sp³-hybridized carbons (Fsp3) is 0.800. The maximum absolute atomic E-state index is 11.7. The van der Waals surface area contributed by atoms with Crippen molar-refractivity contribution in [3.63, 3.8) is 0 Å². The van der Waals surface area contributed by atoms with E-state index >= 15 is 0 Å². The van der Waals surface area contributed by atoms with E-state index < -0.39 is 0 Å². The van der Waals surface area contributed by atoms with Crippen molar-refractivity contribution >= 4 is 5.78 Å². The van der Waals surface area contributed by atoms with E-state index in [4.69, 9.17) is 0 Å². The van der Waals surface area contributed by atoms with E-state index in [1.165, 1.54) is 63.4 Å². The van der Waals surface area contributed by atoms with Crippen molar-refractivity contribution in [3.05, 3.63) is 11.1 Å². The standard InChI is InChI=1S/C15H24O/c1-12-14-10-8-6-4-2-3-5-7-9-13(14)11-15(12)16/h13H,2-11H2,1H3. The second-order valence-corrected chi connectivity index (χ2v) is 5.49. The average Bonchev–Trinajstić information content (AvgIpc) is 2.52. The van der Waals surface area contributed by atoms with Crippen molar-refractivity contribution in [2.45, 2.75) is 71.1 Å². The van der Waals surface area contributed by atoms with Gasteiger partial charge in [-0.25, -0.2) is 0 Å². The van der Waals surface area contributed by atoms with Crippen LogP contribution in [0.3, 0.4) is 0 Å². The molecule has 90 valence electrons. The number of rotatable bonds is 0. The summed E-state index contributed by atoms with van der Waals surface area (Å²) in [5.41, 5.74) is 2.64. The van der Waals surface area contributed by atoms with E-state index in [1.54, 1.807) is 0 Å². The van der Waals surface area contributed by atoms with E-state index in [0.717, 1.165) is 12.0 Å². The van der Waals surface area contributed by atoms with Gasteiger partial charge in [0.25, 0.3) is 0 Å². The van der Waals surface area contributed by atoms with Crippen LogP contribution in [0.1, 0.15) is 71.1 Å². The van der Waals surface area contributed by atoms with Gasteiger partial charge in [-0.3, -0.25) is 4.79 Å². The molecular formula is C15H24O. The van der Waals surface area contributed by atoms with Crippen LogP contribution in [0.15, 0.2) is 11.1 Å². The summed E-state index contributed by atoms with van der Waals surface area (Å²) in [7, 11) is 0. The molecule has 1 fully saturated rings. The van der Waals surface area contributed by atoms with Crippen molar-refractivity contribution in [3.8, 4) is 0 Å². The SMILES string of the molecule is CC1=C2CCCCCCCCCC2CC1=O. The third-order valence-electron chi connectivity index (χ3n) is 4.32. The predicted octanol–water partition coefficient (Wildman–Crippen LogP) is 4.42. The Morgan fingerprint density at radius 3 is 2.31 bits per heavy atom. The molecule has 1 unspecified atom stereocenters. The molecule has 2 rings (SSSR count). The zero-order valence-corrected chi connectivity index (χ0v) is 10.6. The Kier molecular flexibility index (Phi) is 4.20. The van der Waals surface area contributed by atoms with Gasteiger partial charge in [0.15, 0.2) is 5.78 Å². The molecule has 0 amide bonds. The molecule has 2 aliphatic rings. The zero-order chi connectivity index (χ0) is 11.4. The van der Waals surface area contributed by atoms with Crippen LogP contribution >= 0.6 is 0 Å². The Morgan fingerprint density at radius 2 is 1.56 bits per heavy atom. The highest BCUT2D eigenvalue weighted by Crippen LogP contribution is 2.36. The lowest BCUT2D eigenvalue weighted by Crippen LogP contribution is -2.01. The molecule has 0 bridgehead atoms. The van der Waals surface area contributed by atoms with Crippen LogP contribution < -0.4 is 0 Å². The van der Waals surface area contributed by atoms with Crippen molar-refractivity contribution in [1.82, 2.24) is 0 Å². The molecule has 0 aliphatic heterocycles. The number of carbonyl (C=O) groups is 1. The number of carbonyl (C=O) groups excluding carboxylic acids is 1. The van der Waals surface area contributed by atoms with Gasteiger partial charge in [0.05, 0.1) is 0 Å². The zero-order valence-electron chi connectivity index (χ0n) is 10.6. The van der Waals surface area contributed by atoms with Crippen LogP contribution in [0.5, 0.6) is 0 Å². The Morgan fingerprint density at radius 1 is 0.938 bits per heavy atom. The molecule has 16 heavy (non-hydrogen) atoms. The summed E-state index contributed by atoms with van der Waals surface area (Å²) in [6.45, 7) is 2.05. The molecule has 1 heteroatoms. The number of ketones is 1. The molecule has 0 N–H and O–H groups in total. The van der Waals surface area contributed by atoms with Gasteiger partial charge >= 0.3 is 0 Å². The van der Waals surface area contributed by atoms with Gasteiger partial charge in [-0.15, -0.1) is 0 Å². The molecule has 1 atom stereocenters. The van der Waals surface area contributed by atoms with Crippen molar-refractivity contribution in [2.24, 2.45) is 5.92 Å². The van der Waals surface area contributed by atoms with Crippen molar-refractivity contribution in [1.29, 1.82) is 0 Å². The van der Waals surface area contributed by atoms with Gasteiger partial charge in [-0.2, -0.15) is 0 Å². The number of Topliss-reactive ketones (excluding diaryl/α,β-unsaturated/α-hetero) is 1. The Labute approximate surface area is 99.3 Å². The van der Waals surface area contributed by atoms with Gasteiger partial charge in [0, 0.05) is 6.42 Å². The number of allylic oxidation sites excluding steroid dienone is 2. The summed E-state index contributed by atoms with van der Waals surface area (Å²) in [5.74, 6) is 1.04. The summed E-state index contributed by atoms with van der Waals surface area (Å²) in [6, 6.07) is 0. The lowest BCUT2D eigenvalue weighted by molar-refractivity contribution is -0.115. The van der Waals surface area contributed by atoms with Crippen LogP contribution in [0.25, 0.3) is 0 Å². The third kappa shape index (κ3) is 2.75. The number of hydrogen-bond donors (Lipinski definition) is 0. The monoisotopic (exact) mass is 220 g/mol. The second kappa shape index (κ2) is 5.65. The third-order valence-corrected chi connectivity index (χ3v) is 4.32. The molecule has 0 aromatic rings. The molecule has 0 aromatic heterocycles. The summed E-state index contributed by atoms with van der Waals surface area (Å²) in [6.07, 6.45) is 12.9. The first kappa shape index (κ1) is 11.9. The molecule has 0 heterocycles. The maximum atomic E-state index is 11.7. The first-order valence-corrected chi connectivity index (χ1v) is 7.02. The highest BCUT2D eigenvalue weighted by molar-refractivity contribution is 5.98. The highest BCUT2D eigenvalue weighted by atomic mass is 16.1. The van der Waals surface area contributed by atoms with Gasteiger partial charge in [0.2, 0.25) is 0 Å². The molecule has 0 saturated heterocycles. The van der Waals surface area contributed by atoms with E-state index in [-0.39, 0.29) is 0 Å². The minimum Gasteiger partial charge on any atom is -0.295 e. The molecule has 0 spiro atoms. The van der Waals surface area contributed by atoms with Gasteiger partial charge in [-0.1, -0.05) is 44.1 Å². The molecule has 1 saturated carbocycles. The van der Waals surface area contributed by atoms with Crippen LogP contribution in [0.2, 0.25) is 0 Å². The number of hydrogen-bond acceptors (Lipinski definition) is 1. The Hall–Kier alpha value is -0.590. The molecule has 0 radical (unpaired) electrons. The van der Waals surface area contributed by atoms with Crippen molar-refractivity contribution in [2.75, 3.05) is 0 Å². The fourth-order valence-electron chi connectivity index (χ4n) is 3.24. The smallest absolute Gasteiger partial charge is 0.159 e. The molecule has 2 aliphatic carbocycles. The second-order valence-electron chi connectivity index (χ2n) is 5.49. The van der Waals surface area contributed by atoms with E-state index in [1.807, 2.05) is 0 Å². The normalized spacial score (nSPS) is 28.8. The largest absolute Gasteiger partial charge is 0.295 e. The molecule has 1 nitrogen and oxygen atoms in total. The minimum atomic E-state index is 0.428. The van der Waals surface area contributed by atoms with Crippen molar-refractivity contribution < 1.29 is 4.79 Å². The van der Waals surface area contributed by atoms with E-state index in [9.17, 15) is 4.79 Å². The topological polar surface area (TPSA) is 17.1 Å². The van der Waals surface area contributed by atoms with Crippen LogP contribution in [0, 0.1) is 5.92 Å². The summed E-state index contributed by atoms with van der Waals surface area (Å²) in [5, 5.41) is 0. The van der Waals surface area contributed by atoms with Gasteiger partial charge in [-0.05, 0) is 37.7 Å². The fourth-order valence-corrected chi connectivity index (χ4v) is 3.24. The first-order valence-electron chi connectivity index (χ1n) is 7.02. The Bertz CT molecular complexity index is 288. The van der Waals surface area contributed by atoms with Crippen LogP contribution in [-0.2, 0) is 4.79 Å². The lowest BCUT2D eigenvalue weighted by Gasteiger charge is -2.13. The quantitative estimate of drug-likeness (QED) is 0.590. The van der Waals surface area contributed by atoms with E-state index in [2.05, 4.69) is 6.92 Å². The maximum Gasteiger partial charge on any atom is 0.159 e. The van der Waals surface area contributed by atoms with Crippen LogP contribution in [-0.4, -0.2) is 5.78 Å². The average molecular weight is 220 g/mol. The Balaban J connectivity index is 2.03. The van der Waals surface area contributed by atoms with Gasteiger partial charge < -0.3 is 0 Å². The summed E-state index contributed by atoms with van der Waals surface area (Å²) in [4.78, 5) is 11.7. The summed E-state index contributed by atoms with van der Waals surface area (Å²) >= 11 is 0.